The van der Waals surface area contributed by atoms with Crippen LogP contribution in [0.5, 0.6) is 0 Å². The normalized spacial score (nSPS) is 21.0. The van der Waals surface area contributed by atoms with E-state index in [0.29, 0.717) is 18.4 Å². The molecule has 32 heavy (non-hydrogen) atoms. The number of nitrogens with one attached hydrogen (secondary N) is 1. The van der Waals surface area contributed by atoms with Gasteiger partial charge >= 0.3 is 0 Å². The number of hydrogen-bond donors (Lipinski definition) is 1. The Morgan fingerprint density at radius 1 is 1.25 bits per heavy atom. The molecule has 2 aliphatic rings. The van der Waals surface area contributed by atoms with Crippen LogP contribution < -0.4 is 5.32 Å². The number of sulfone groups is 1. The van der Waals surface area contributed by atoms with Crippen LogP contribution >= 0.6 is 0 Å². The third kappa shape index (κ3) is 5.18. The molecule has 12 heteroatoms. The molecule has 1 saturated heterocycles. The Bertz CT molecular complexity index is 1090. The molecule has 0 saturated carbocycles. The van der Waals surface area contributed by atoms with Gasteiger partial charge in [-0.25, -0.2) is 17.8 Å². The van der Waals surface area contributed by atoms with E-state index in [1.54, 1.807) is 0 Å². The average Bonchev–Trinajstić information content (AvgIpc) is 2.73. The molecule has 1 unspecified atom stereocenters. The molecule has 0 radical (unpaired) electrons. The van der Waals surface area contributed by atoms with Gasteiger partial charge in [-0.1, -0.05) is 12.1 Å². The number of likely N-dealkylation sites (N-methyl/N-ethyl adjacent to an activating group) is 1. The van der Waals surface area contributed by atoms with Crippen molar-refractivity contribution >= 4 is 39.2 Å². The summed E-state index contributed by atoms with van der Waals surface area (Å²) < 4.78 is 36.0. The second kappa shape index (κ2) is 9.15. The highest BCUT2D eigenvalue weighted by molar-refractivity contribution is 7.91. The minimum Gasteiger partial charge on any atom is -0.350 e. The Morgan fingerprint density at radius 2 is 1.91 bits per heavy atom. The van der Waals surface area contributed by atoms with E-state index in [1.807, 2.05) is 0 Å². The fourth-order valence-electron chi connectivity index (χ4n) is 3.60. The number of benzene rings is 1. The van der Waals surface area contributed by atoms with Crippen molar-refractivity contribution in [2.45, 2.75) is 31.5 Å². The molecule has 0 spiro atoms. The summed E-state index contributed by atoms with van der Waals surface area (Å²) in [7, 11) is -2.17. The number of ketones is 1. The van der Waals surface area contributed by atoms with Crippen molar-refractivity contribution in [3.05, 3.63) is 35.6 Å². The summed E-state index contributed by atoms with van der Waals surface area (Å²) in [6.45, 7) is 0.208. The van der Waals surface area contributed by atoms with Crippen molar-refractivity contribution in [1.29, 1.82) is 0 Å². The molecule has 0 aliphatic carbocycles. The summed E-state index contributed by atoms with van der Waals surface area (Å²) in [4.78, 5) is 56.7. The first-order valence-corrected chi connectivity index (χ1v) is 11.9. The molecule has 0 aromatic heterocycles. The number of amidine groups is 1. The number of piperidine rings is 1. The van der Waals surface area contributed by atoms with E-state index < -0.39 is 57.0 Å². The number of hydrogen-bond acceptors (Lipinski definition) is 7. The highest BCUT2D eigenvalue weighted by Gasteiger charge is 2.45. The largest absolute Gasteiger partial charge is 0.350 e. The molecule has 10 nitrogen and oxygen atoms in total. The van der Waals surface area contributed by atoms with Crippen LogP contribution in [0.15, 0.2) is 29.3 Å². The van der Waals surface area contributed by atoms with Crippen molar-refractivity contribution in [2.24, 2.45) is 4.99 Å². The second-order valence-corrected chi connectivity index (χ2v) is 9.93. The van der Waals surface area contributed by atoms with E-state index >= 15 is 0 Å². The molecule has 3 amide bonds. The Morgan fingerprint density at radius 3 is 2.53 bits per heavy atom. The number of carbonyl (C=O) groups is 4. The van der Waals surface area contributed by atoms with E-state index in [-0.39, 0.29) is 18.9 Å². The lowest BCUT2D eigenvalue weighted by molar-refractivity contribution is -0.146. The fraction of sp³-hybridized carbons (Fsp3) is 0.450. The SMILES string of the molecule is CN(C(=O)CS(C)(=O)=O)[C@H]1CCCN2C(=O)C(=O)C(C(=O)NCc3ccc(F)cc3)N=C12. The van der Waals surface area contributed by atoms with Gasteiger partial charge < -0.3 is 10.2 Å². The number of amides is 3. The highest BCUT2D eigenvalue weighted by Crippen LogP contribution is 2.23. The van der Waals surface area contributed by atoms with Gasteiger partial charge in [-0.3, -0.25) is 24.1 Å². The zero-order chi connectivity index (χ0) is 23.6. The third-order valence-electron chi connectivity index (χ3n) is 5.27. The third-order valence-corrected chi connectivity index (χ3v) is 6.05. The van der Waals surface area contributed by atoms with Gasteiger partial charge in [0.05, 0.1) is 6.04 Å². The predicted molar refractivity (Wildman–Crippen MR) is 112 cm³/mol. The maximum absolute atomic E-state index is 13.0. The first kappa shape index (κ1) is 23.5. The smallest absolute Gasteiger partial charge is 0.298 e. The van der Waals surface area contributed by atoms with E-state index in [1.165, 1.54) is 36.2 Å². The summed E-state index contributed by atoms with van der Waals surface area (Å²) in [6.07, 6.45) is 1.81. The van der Waals surface area contributed by atoms with Crippen molar-refractivity contribution in [2.75, 3.05) is 25.6 Å². The standard InChI is InChI=1S/C20H23FN4O6S/c1-24(15(26)11-32(2,30)31)14-4-3-9-25-18(14)23-16(17(27)20(25)29)19(28)22-10-12-5-7-13(21)8-6-12/h5-8,14,16H,3-4,9-11H2,1-2H3,(H,22,28)/t14-,16?/m0/s1. The maximum Gasteiger partial charge on any atom is 0.298 e. The van der Waals surface area contributed by atoms with E-state index in [4.69, 9.17) is 0 Å². The molecule has 0 bridgehead atoms. The molecule has 2 atom stereocenters. The summed E-state index contributed by atoms with van der Waals surface area (Å²) in [6, 6.07) is 3.03. The van der Waals surface area contributed by atoms with Gasteiger partial charge in [-0.2, -0.15) is 0 Å². The van der Waals surface area contributed by atoms with Crippen LogP contribution in [0.4, 0.5) is 4.39 Å². The Kier molecular flexibility index (Phi) is 6.72. The molecule has 2 heterocycles. The molecular formula is C20H23FN4O6S. The van der Waals surface area contributed by atoms with Crippen molar-refractivity contribution < 1.29 is 32.0 Å². The highest BCUT2D eigenvalue weighted by atomic mass is 32.2. The molecular weight excluding hydrogens is 443 g/mol. The topological polar surface area (TPSA) is 133 Å². The molecule has 1 aromatic rings. The lowest BCUT2D eigenvalue weighted by Crippen LogP contribution is -2.61. The Labute approximate surface area is 184 Å². The van der Waals surface area contributed by atoms with Crippen molar-refractivity contribution in [3.8, 4) is 0 Å². The van der Waals surface area contributed by atoms with Crippen LogP contribution in [0.2, 0.25) is 0 Å². The Balaban J connectivity index is 1.81. The number of carbonyl (C=O) groups excluding carboxylic acids is 4. The van der Waals surface area contributed by atoms with Gasteiger partial charge in [0.25, 0.3) is 17.6 Å². The lowest BCUT2D eigenvalue weighted by Gasteiger charge is -2.41. The number of nitrogens with zero attached hydrogens (tertiary/aromatic N) is 3. The van der Waals surface area contributed by atoms with Gasteiger partial charge in [-0.05, 0) is 30.5 Å². The van der Waals surface area contributed by atoms with Crippen LogP contribution in [-0.4, -0.2) is 85.2 Å². The van der Waals surface area contributed by atoms with Crippen LogP contribution in [-0.2, 0) is 35.6 Å². The number of fused-ring (bicyclic) bond motifs is 1. The van der Waals surface area contributed by atoms with Gasteiger partial charge in [0.2, 0.25) is 5.91 Å². The summed E-state index contributed by atoms with van der Waals surface area (Å²) in [5, 5.41) is 2.51. The van der Waals surface area contributed by atoms with Gasteiger partial charge in [-0.15, -0.1) is 0 Å². The minimum atomic E-state index is -3.57. The van der Waals surface area contributed by atoms with E-state index in [0.717, 1.165) is 11.2 Å². The lowest BCUT2D eigenvalue weighted by atomic mass is 9.98. The molecule has 2 aliphatic heterocycles. The average molecular weight is 466 g/mol. The van der Waals surface area contributed by atoms with Crippen LogP contribution in [0.3, 0.4) is 0 Å². The molecule has 1 fully saturated rings. The van der Waals surface area contributed by atoms with Gasteiger partial charge in [0.1, 0.15) is 17.4 Å². The van der Waals surface area contributed by atoms with Crippen LogP contribution in [0.25, 0.3) is 0 Å². The minimum absolute atomic E-state index is 0.00181. The molecule has 1 N–H and O–H groups in total. The van der Waals surface area contributed by atoms with Gasteiger partial charge in [0.15, 0.2) is 15.9 Å². The number of aliphatic imine (C=N–C) groups is 1. The van der Waals surface area contributed by atoms with E-state index in [9.17, 15) is 32.0 Å². The maximum atomic E-state index is 13.0. The van der Waals surface area contributed by atoms with Crippen LogP contribution in [0, 0.1) is 5.82 Å². The Hall–Kier alpha value is -3.15. The zero-order valence-electron chi connectivity index (χ0n) is 17.6. The number of Topliss-reactive ketones (excluding diaryl/α,β-unsaturated/α-hetero) is 1. The van der Waals surface area contributed by atoms with E-state index in [2.05, 4.69) is 10.3 Å². The monoisotopic (exact) mass is 466 g/mol. The van der Waals surface area contributed by atoms with Crippen molar-refractivity contribution in [1.82, 2.24) is 15.1 Å². The molecule has 1 aromatic carbocycles. The molecule has 3 rings (SSSR count). The quantitative estimate of drug-likeness (QED) is 0.435. The predicted octanol–water partition coefficient (Wildman–Crippen LogP) is -0.714. The van der Waals surface area contributed by atoms with Gasteiger partial charge in [0, 0.05) is 26.4 Å². The molecule has 172 valence electrons. The number of rotatable bonds is 6. The fourth-order valence-corrected chi connectivity index (χ4v) is 4.25. The first-order valence-electron chi connectivity index (χ1n) is 9.87. The first-order chi connectivity index (χ1) is 15.0. The summed E-state index contributed by atoms with van der Waals surface area (Å²) in [5.74, 6) is -4.41. The van der Waals surface area contributed by atoms with Crippen molar-refractivity contribution in [3.63, 3.8) is 0 Å². The zero-order valence-corrected chi connectivity index (χ0v) is 18.4. The van der Waals surface area contributed by atoms with Crippen LogP contribution in [0.1, 0.15) is 18.4 Å². The summed E-state index contributed by atoms with van der Waals surface area (Å²) >= 11 is 0. The summed E-state index contributed by atoms with van der Waals surface area (Å²) in [5.41, 5.74) is 0.588. The number of halogens is 1. The second-order valence-electron chi connectivity index (χ2n) is 7.79.